The van der Waals surface area contributed by atoms with Gasteiger partial charge in [0.15, 0.2) is 0 Å². The van der Waals surface area contributed by atoms with Crippen molar-refractivity contribution in [1.29, 1.82) is 0 Å². The lowest BCUT2D eigenvalue weighted by atomic mass is 10.2. The summed E-state index contributed by atoms with van der Waals surface area (Å²) in [5, 5.41) is 11.0. The molecule has 0 aliphatic carbocycles. The van der Waals surface area contributed by atoms with Crippen LogP contribution in [0.25, 0.3) is 0 Å². The van der Waals surface area contributed by atoms with Crippen LogP contribution < -0.4 is 10.1 Å². The topological polar surface area (TPSA) is 131 Å². The number of carboxylic acid groups (broad SMARTS) is 1. The third-order valence-electron chi connectivity index (χ3n) is 4.17. The number of hydrogen-bond acceptors (Lipinski definition) is 7. The normalized spacial score (nSPS) is 10.7. The number of unbranched alkanes of at least 4 members (excludes halogenated alkanes) is 1. The largest absolute Gasteiger partial charge is 0.494 e. The summed E-state index contributed by atoms with van der Waals surface area (Å²) in [4.78, 5) is 48.4. The summed E-state index contributed by atoms with van der Waals surface area (Å²) in [7, 11) is 0. The van der Waals surface area contributed by atoms with Crippen molar-refractivity contribution >= 4 is 23.9 Å². The minimum atomic E-state index is -0.835. The monoisotopic (exact) mass is 478 g/mol. The van der Waals surface area contributed by atoms with Crippen molar-refractivity contribution in [1.82, 2.24) is 10.2 Å². The van der Waals surface area contributed by atoms with E-state index >= 15 is 0 Å². The summed E-state index contributed by atoms with van der Waals surface area (Å²) < 4.78 is 15.7. The van der Waals surface area contributed by atoms with E-state index in [0.29, 0.717) is 25.2 Å². The van der Waals surface area contributed by atoms with E-state index in [4.69, 9.17) is 19.3 Å². The molecule has 0 saturated carbocycles. The molecular weight excluding hydrogens is 444 g/mol. The maximum Gasteiger partial charge on any atom is 0.408 e. The van der Waals surface area contributed by atoms with E-state index in [9.17, 15) is 19.2 Å². The van der Waals surface area contributed by atoms with Crippen LogP contribution in [0.1, 0.15) is 45.6 Å². The lowest BCUT2D eigenvalue weighted by Gasteiger charge is -2.23. The molecule has 0 aromatic heterocycles. The third kappa shape index (κ3) is 13.1. The molecule has 0 aliphatic rings. The molecule has 0 atom stereocenters. The number of ether oxygens (including phenoxy) is 3. The van der Waals surface area contributed by atoms with Crippen LogP contribution in [0, 0.1) is 0 Å². The fourth-order valence-electron chi connectivity index (χ4n) is 2.64. The van der Waals surface area contributed by atoms with Gasteiger partial charge in [-0.1, -0.05) is 24.8 Å². The van der Waals surface area contributed by atoms with Crippen LogP contribution in [-0.4, -0.2) is 65.8 Å². The Morgan fingerprint density at radius 1 is 1.12 bits per heavy atom. The number of benzene rings is 1. The van der Waals surface area contributed by atoms with Gasteiger partial charge in [0.05, 0.1) is 6.61 Å². The molecule has 1 aromatic rings. The van der Waals surface area contributed by atoms with Gasteiger partial charge < -0.3 is 29.5 Å². The Kier molecular flexibility index (Phi) is 12.2. The zero-order valence-electron chi connectivity index (χ0n) is 20.0. The molecule has 0 unspecified atom stereocenters. The van der Waals surface area contributed by atoms with Gasteiger partial charge in [-0.2, -0.15) is 0 Å². The van der Waals surface area contributed by atoms with Gasteiger partial charge in [-0.05, 0) is 51.3 Å². The van der Waals surface area contributed by atoms with Gasteiger partial charge in [-0.15, -0.1) is 0 Å². The number of hydrogen-bond donors (Lipinski definition) is 2. The second-order valence-electron chi connectivity index (χ2n) is 8.42. The summed E-state index contributed by atoms with van der Waals surface area (Å²) in [6.07, 6.45) is 1.94. The van der Waals surface area contributed by atoms with Gasteiger partial charge >= 0.3 is 18.0 Å². The fourth-order valence-corrected chi connectivity index (χ4v) is 2.64. The first kappa shape index (κ1) is 28.5. The Morgan fingerprint density at radius 2 is 1.79 bits per heavy atom. The van der Waals surface area contributed by atoms with Crippen LogP contribution in [0.2, 0.25) is 0 Å². The molecule has 10 nitrogen and oxygen atoms in total. The molecule has 0 spiro atoms. The number of esters is 1. The highest BCUT2D eigenvalue weighted by molar-refractivity contribution is 5.85. The van der Waals surface area contributed by atoms with Crippen molar-refractivity contribution < 1.29 is 38.5 Å². The molecular formula is C24H34N2O8. The molecule has 0 aliphatic heterocycles. The average Bonchev–Trinajstić information content (AvgIpc) is 2.75. The molecule has 188 valence electrons. The average molecular weight is 479 g/mol. The Morgan fingerprint density at radius 3 is 2.38 bits per heavy atom. The first-order valence-corrected chi connectivity index (χ1v) is 10.9. The van der Waals surface area contributed by atoms with E-state index in [-0.39, 0.29) is 32.7 Å². The number of nitrogens with zero attached hydrogens (tertiary/aromatic N) is 1. The second kappa shape index (κ2) is 14.6. The lowest BCUT2D eigenvalue weighted by molar-refractivity contribution is -0.148. The van der Waals surface area contributed by atoms with Gasteiger partial charge in [0, 0.05) is 13.0 Å². The number of alkyl carbamates (subject to hydrolysis) is 1. The molecule has 2 N–H and O–H groups in total. The van der Waals surface area contributed by atoms with E-state index < -0.39 is 29.5 Å². The quantitative estimate of drug-likeness (QED) is 0.237. The van der Waals surface area contributed by atoms with Crippen LogP contribution in [0.3, 0.4) is 0 Å². The Bertz CT molecular complexity index is 830. The van der Waals surface area contributed by atoms with Crippen LogP contribution >= 0.6 is 0 Å². The summed E-state index contributed by atoms with van der Waals surface area (Å²) in [6.45, 7) is 8.48. The molecule has 0 fully saturated rings. The highest BCUT2D eigenvalue weighted by atomic mass is 16.6. The van der Waals surface area contributed by atoms with Crippen LogP contribution in [0.15, 0.2) is 36.9 Å². The van der Waals surface area contributed by atoms with E-state index in [1.54, 1.807) is 45.0 Å². The molecule has 10 heteroatoms. The molecule has 0 bridgehead atoms. The molecule has 0 radical (unpaired) electrons. The molecule has 0 heterocycles. The molecule has 2 amide bonds. The van der Waals surface area contributed by atoms with Crippen molar-refractivity contribution in [3.05, 3.63) is 42.5 Å². The predicted molar refractivity (Wildman–Crippen MR) is 124 cm³/mol. The van der Waals surface area contributed by atoms with E-state index in [1.165, 1.54) is 11.0 Å². The number of carbonyl (C=O) groups excluding carboxylic acids is 3. The fraction of sp³-hybridized carbons (Fsp3) is 0.500. The molecule has 0 saturated heterocycles. The maximum atomic E-state index is 12.7. The van der Waals surface area contributed by atoms with Crippen molar-refractivity contribution in [2.75, 3.05) is 26.3 Å². The number of rotatable bonds is 14. The van der Waals surface area contributed by atoms with Crippen LogP contribution in [0.4, 0.5) is 4.79 Å². The van der Waals surface area contributed by atoms with Gasteiger partial charge in [-0.25, -0.2) is 4.79 Å². The van der Waals surface area contributed by atoms with E-state index in [0.717, 1.165) is 5.56 Å². The molecule has 34 heavy (non-hydrogen) atoms. The maximum absolute atomic E-state index is 12.7. The second-order valence-corrected chi connectivity index (χ2v) is 8.42. The smallest absolute Gasteiger partial charge is 0.408 e. The number of aliphatic carboxylic acids is 1. The summed E-state index contributed by atoms with van der Waals surface area (Å²) >= 11 is 0. The minimum Gasteiger partial charge on any atom is -0.494 e. The number of carboxylic acids is 1. The van der Waals surface area contributed by atoms with E-state index in [2.05, 4.69) is 11.9 Å². The predicted octanol–water partition coefficient (Wildman–Crippen LogP) is 2.90. The minimum absolute atomic E-state index is 0.0233. The van der Waals surface area contributed by atoms with Gasteiger partial charge in [0.25, 0.3) is 0 Å². The summed E-state index contributed by atoms with van der Waals surface area (Å²) in [6, 6.07) is 6.96. The first-order chi connectivity index (χ1) is 16.0. The highest BCUT2D eigenvalue weighted by Crippen LogP contribution is 2.15. The summed E-state index contributed by atoms with van der Waals surface area (Å²) in [5.74, 6) is -1.32. The third-order valence-corrected chi connectivity index (χ3v) is 4.17. The van der Waals surface area contributed by atoms with Gasteiger partial charge in [-0.3, -0.25) is 14.4 Å². The number of nitrogens with one attached hydrogen (secondary N) is 1. The molecule has 1 aromatic carbocycles. The molecule has 1 rings (SSSR count). The SMILES string of the molecule is C=CCOC(=O)CN(Cc1ccc(OCCCCC(=O)O)cc1)C(=O)CNC(=O)OC(C)(C)C. The highest BCUT2D eigenvalue weighted by Gasteiger charge is 2.21. The van der Waals surface area contributed by atoms with Crippen molar-refractivity contribution in [3.8, 4) is 5.75 Å². The zero-order chi connectivity index (χ0) is 25.6. The Hall–Kier alpha value is -3.56. The van der Waals surface area contributed by atoms with Gasteiger partial charge in [0.2, 0.25) is 5.91 Å². The van der Waals surface area contributed by atoms with Crippen molar-refractivity contribution in [2.24, 2.45) is 0 Å². The van der Waals surface area contributed by atoms with Crippen molar-refractivity contribution in [3.63, 3.8) is 0 Å². The van der Waals surface area contributed by atoms with Crippen LogP contribution in [-0.2, 0) is 30.4 Å². The lowest BCUT2D eigenvalue weighted by Crippen LogP contribution is -2.43. The summed E-state index contributed by atoms with van der Waals surface area (Å²) in [5.41, 5.74) is 0.0295. The Labute approximate surface area is 199 Å². The van der Waals surface area contributed by atoms with Crippen molar-refractivity contribution in [2.45, 2.75) is 52.2 Å². The Balaban J connectivity index is 2.70. The first-order valence-electron chi connectivity index (χ1n) is 10.9. The number of carbonyl (C=O) groups is 4. The van der Waals surface area contributed by atoms with Gasteiger partial charge in [0.1, 0.15) is 31.0 Å². The standard InChI is InChI=1S/C24H34N2O8/c1-5-13-33-22(30)17-26(20(27)15-25-23(31)34-24(2,3)4)16-18-9-11-19(12-10-18)32-14-7-6-8-21(28)29/h5,9-12H,1,6-8,13-17H2,2-4H3,(H,25,31)(H,28,29). The number of amides is 2. The zero-order valence-corrected chi connectivity index (χ0v) is 20.0. The van der Waals surface area contributed by atoms with Crippen LogP contribution in [0.5, 0.6) is 5.75 Å². The van der Waals surface area contributed by atoms with E-state index in [1.807, 2.05) is 0 Å².